The minimum absolute atomic E-state index is 0.0923. The third-order valence-electron chi connectivity index (χ3n) is 2.45. The summed E-state index contributed by atoms with van der Waals surface area (Å²) in [7, 11) is 0. The summed E-state index contributed by atoms with van der Waals surface area (Å²) in [6.07, 6.45) is 3.67. The van der Waals surface area contributed by atoms with E-state index in [1.807, 2.05) is 36.4 Å². The molecular weight excluding hydrogens is 212 g/mol. The number of phenolic OH excluding ortho intramolecular Hbond substituents is 1. The SMILES string of the molecule is Nc1cc(N)c(C=Cc2ccccc2)c(O)c1. The number of hydrogen-bond acceptors (Lipinski definition) is 3. The van der Waals surface area contributed by atoms with Crippen LogP contribution in [0.2, 0.25) is 0 Å². The summed E-state index contributed by atoms with van der Waals surface area (Å²) in [6, 6.07) is 12.9. The number of rotatable bonds is 2. The molecule has 17 heavy (non-hydrogen) atoms. The van der Waals surface area contributed by atoms with Crippen LogP contribution in [-0.2, 0) is 0 Å². The van der Waals surface area contributed by atoms with Gasteiger partial charge in [-0.25, -0.2) is 0 Å². The molecule has 0 bridgehead atoms. The van der Waals surface area contributed by atoms with Gasteiger partial charge in [0.1, 0.15) is 5.75 Å². The van der Waals surface area contributed by atoms with Gasteiger partial charge in [0.15, 0.2) is 0 Å². The van der Waals surface area contributed by atoms with E-state index in [-0.39, 0.29) is 5.75 Å². The van der Waals surface area contributed by atoms with Gasteiger partial charge in [-0.2, -0.15) is 0 Å². The summed E-state index contributed by atoms with van der Waals surface area (Å²) in [5.41, 5.74) is 13.9. The third-order valence-corrected chi connectivity index (χ3v) is 2.45. The highest BCUT2D eigenvalue weighted by Crippen LogP contribution is 2.28. The normalized spacial score (nSPS) is 10.8. The molecule has 2 aromatic carbocycles. The first-order valence-electron chi connectivity index (χ1n) is 5.28. The van der Waals surface area contributed by atoms with Crippen molar-refractivity contribution in [2.24, 2.45) is 0 Å². The summed E-state index contributed by atoms with van der Waals surface area (Å²) in [5, 5.41) is 9.74. The van der Waals surface area contributed by atoms with E-state index in [0.717, 1.165) is 5.56 Å². The number of phenols is 1. The Kier molecular flexibility index (Phi) is 3.01. The van der Waals surface area contributed by atoms with Gasteiger partial charge in [0, 0.05) is 23.0 Å². The van der Waals surface area contributed by atoms with Crippen molar-refractivity contribution < 1.29 is 5.11 Å². The maximum atomic E-state index is 9.74. The molecule has 0 saturated carbocycles. The van der Waals surface area contributed by atoms with E-state index in [2.05, 4.69) is 0 Å². The molecule has 2 aromatic rings. The molecule has 0 aliphatic heterocycles. The van der Waals surface area contributed by atoms with E-state index in [9.17, 15) is 5.11 Å². The van der Waals surface area contributed by atoms with E-state index in [1.54, 1.807) is 12.1 Å². The van der Waals surface area contributed by atoms with Gasteiger partial charge in [-0.3, -0.25) is 0 Å². The van der Waals surface area contributed by atoms with Gasteiger partial charge in [0.25, 0.3) is 0 Å². The van der Waals surface area contributed by atoms with E-state index in [0.29, 0.717) is 16.9 Å². The Bertz CT molecular complexity index is 524. The summed E-state index contributed by atoms with van der Waals surface area (Å²) in [5.74, 6) is 0.0923. The smallest absolute Gasteiger partial charge is 0.126 e. The van der Waals surface area contributed by atoms with Crippen LogP contribution in [0.4, 0.5) is 11.4 Å². The first kappa shape index (κ1) is 11.1. The molecule has 86 valence electrons. The molecule has 0 atom stereocenters. The second-order valence-electron chi connectivity index (χ2n) is 3.79. The Hall–Kier alpha value is -2.42. The lowest BCUT2D eigenvalue weighted by Crippen LogP contribution is -1.93. The van der Waals surface area contributed by atoms with Crippen molar-refractivity contribution in [2.45, 2.75) is 0 Å². The molecule has 2 rings (SSSR count). The quantitative estimate of drug-likeness (QED) is 0.544. The van der Waals surface area contributed by atoms with Crippen molar-refractivity contribution in [2.75, 3.05) is 11.5 Å². The van der Waals surface area contributed by atoms with Crippen molar-refractivity contribution >= 4 is 23.5 Å². The van der Waals surface area contributed by atoms with Gasteiger partial charge in [0.2, 0.25) is 0 Å². The second kappa shape index (κ2) is 4.61. The van der Waals surface area contributed by atoms with E-state index in [4.69, 9.17) is 11.5 Å². The average molecular weight is 226 g/mol. The first-order chi connectivity index (χ1) is 8.16. The fraction of sp³-hybridized carbons (Fsp3) is 0. The van der Waals surface area contributed by atoms with Gasteiger partial charge in [0.05, 0.1) is 0 Å². The number of anilines is 2. The number of benzene rings is 2. The number of hydrogen-bond donors (Lipinski definition) is 3. The van der Waals surface area contributed by atoms with Gasteiger partial charge in [-0.1, -0.05) is 36.4 Å². The zero-order chi connectivity index (χ0) is 12.3. The monoisotopic (exact) mass is 226 g/mol. The average Bonchev–Trinajstić information content (AvgIpc) is 2.29. The molecule has 0 aromatic heterocycles. The standard InChI is InChI=1S/C14H14N2O/c15-11-8-13(16)12(14(17)9-11)7-6-10-4-2-1-3-5-10/h1-9,17H,15-16H2. The van der Waals surface area contributed by atoms with Crippen LogP contribution < -0.4 is 11.5 Å². The molecule has 0 amide bonds. The molecule has 0 radical (unpaired) electrons. The fourth-order valence-electron chi connectivity index (χ4n) is 1.61. The maximum absolute atomic E-state index is 9.74. The molecule has 5 N–H and O–H groups in total. The molecule has 0 unspecified atom stereocenters. The number of aromatic hydroxyl groups is 1. The largest absolute Gasteiger partial charge is 0.507 e. The highest BCUT2D eigenvalue weighted by atomic mass is 16.3. The fourth-order valence-corrected chi connectivity index (χ4v) is 1.61. The maximum Gasteiger partial charge on any atom is 0.126 e. The van der Waals surface area contributed by atoms with Gasteiger partial charge < -0.3 is 16.6 Å². The Morgan fingerprint density at radius 3 is 2.29 bits per heavy atom. The van der Waals surface area contributed by atoms with E-state index >= 15 is 0 Å². The molecule has 0 heterocycles. The summed E-state index contributed by atoms with van der Waals surface area (Å²) >= 11 is 0. The first-order valence-corrected chi connectivity index (χ1v) is 5.28. The summed E-state index contributed by atoms with van der Waals surface area (Å²) < 4.78 is 0. The second-order valence-corrected chi connectivity index (χ2v) is 3.79. The molecule has 0 spiro atoms. The van der Waals surface area contributed by atoms with Crippen LogP contribution in [0.15, 0.2) is 42.5 Å². The van der Waals surface area contributed by atoms with E-state index in [1.165, 1.54) is 6.07 Å². The van der Waals surface area contributed by atoms with Crippen molar-refractivity contribution in [3.05, 3.63) is 53.6 Å². The van der Waals surface area contributed by atoms with Crippen LogP contribution in [0.25, 0.3) is 12.2 Å². The highest BCUT2D eigenvalue weighted by Gasteiger charge is 2.03. The Balaban J connectivity index is 2.34. The Morgan fingerprint density at radius 2 is 1.65 bits per heavy atom. The zero-order valence-corrected chi connectivity index (χ0v) is 9.30. The van der Waals surface area contributed by atoms with Crippen LogP contribution in [0, 0.1) is 0 Å². The van der Waals surface area contributed by atoms with Crippen LogP contribution in [0.5, 0.6) is 5.75 Å². The Morgan fingerprint density at radius 1 is 0.941 bits per heavy atom. The lowest BCUT2D eigenvalue weighted by molar-refractivity contribution is 0.475. The predicted octanol–water partition coefficient (Wildman–Crippen LogP) is 2.73. The van der Waals surface area contributed by atoms with Crippen molar-refractivity contribution in [1.29, 1.82) is 0 Å². The molecule has 0 fully saturated rings. The molecule has 3 heteroatoms. The van der Waals surface area contributed by atoms with Gasteiger partial charge in [-0.15, -0.1) is 0 Å². The van der Waals surface area contributed by atoms with Crippen molar-refractivity contribution in [3.8, 4) is 5.75 Å². The molecule has 0 saturated heterocycles. The van der Waals surface area contributed by atoms with Gasteiger partial charge in [-0.05, 0) is 17.7 Å². The van der Waals surface area contributed by atoms with E-state index < -0.39 is 0 Å². The van der Waals surface area contributed by atoms with Crippen LogP contribution in [-0.4, -0.2) is 5.11 Å². The van der Waals surface area contributed by atoms with Crippen LogP contribution >= 0.6 is 0 Å². The van der Waals surface area contributed by atoms with Crippen LogP contribution in [0.3, 0.4) is 0 Å². The topological polar surface area (TPSA) is 72.3 Å². The molecular formula is C14H14N2O. The summed E-state index contributed by atoms with van der Waals surface area (Å²) in [6.45, 7) is 0. The molecule has 0 aliphatic rings. The predicted molar refractivity (Wildman–Crippen MR) is 72.3 cm³/mol. The minimum Gasteiger partial charge on any atom is -0.507 e. The van der Waals surface area contributed by atoms with Crippen molar-refractivity contribution in [3.63, 3.8) is 0 Å². The summed E-state index contributed by atoms with van der Waals surface area (Å²) in [4.78, 5) is 0. The van der Waals surface area contributed by atoms with Gasteiger partial charge >= 0.3 is 0 Å². The highest BCUT2D eigenvalue weighted by molar-refractivity contribution is 5.81. The lowest BCUT2D eigenvalue weighted by Gasteiger charge is -2.05. The van der Waals surface area contributed by atoms with Crippen molar-refractivity contribution in [1.82, 2.24) is 0 Å². The van der Waals surface area contributed by atoms with Crippen LogP contribution in [0.1, 0.15) is 11.1 Å². The minimum atomic E-state index is 0.0923. The third kappa shape index (κ3) is 2.58. The lowest BCUT2D eigenvalue weighted by atomic mass is 10.1. The molecule has 3 nitrogen and oxygen atoms in total. The Labute approximate surface area is 100 Å². The number of nitrogens with two attached hydrogens (primary N) is 2. The zero-order valence-electron chi connectivity index (χ0n) is 9.30. The molecule has 0 aliphatic carbocycles. The number of nitrogen functional groups attached to an aromatic ring is 2.